The van der Waals surface area contributed by atoms with Crippen LogP contribution in [0.3, 0.4) is 0 Å². The van der Waals surface area contributed by atoms with E-state index < -0.39 is 15.6 Å². The number of aromatic nitrogens is 2. The third kappa shape index (κ3) is 3.93. The van der Waals surface area contributed by atoms with E-state index in [1.807, 2.05) is 45.9 Å². The first kappa shape index (κ1) is 19.6. The summed E-state index contributed by atoms with van der Waals surface area (Å²) in [5.74, 6) is -0.894. The van der Waals surface area contributed by atoms with Gasteiger partial charge in [0.2, 0.25) is 20.9 Å². The van der Waals surface area contributed by atoms with Gasteiger partial charge in [-0.3, -0.25) is 9.36 Å². The molecule has 1 aliphatic rings. The Hall–Kier alpha value is -2.15. The topological polar surface area (TPSA) is 72.3 Å². The summed E-state index contributed by atoms with van der Waals surface area (Å²) in [6.45, 7) is 7.85. The zero-order valence-electron chi connectivity index (χ0n) is 16.3. The molecule has 7 heteroatoms. The lowest BCUT2D eigenvalue weighted by Crippen LogP contribution is -2.49. The van der Waals surface area contributed by atoms with Gasteiger partial charge in [-0.2, -0.15) is 0 Å². The SMILES string of the molecule is Cc1ccc(C)c(-n2ccnc2S(=O)(=O)CC(=O)N2C(C)CCCC2C)c1. The lowest BCUT2D eigenvalue weighted by molar-refractivity contribution is -0.134. The molecule has 0 bridgehead atoms. The van der Waals surface area contributed by atoms with Gasteiger partial charge in [-0.25, -0.2) is 13.4 Å². The number of hydrogen-bond acceptors (Lipinski definition) is 4. The molecule has 1 saturated heterocycles. The van der Waals surface area contributed by atoms with Gasteiger partial charge in [-0.15, -0.1) is 0 Å². The molecule has 0 aliphatic carbocycles. The van der Waals surface area contributed by atoms with Crippen LogP contribution >= 0.6 is 0 Å². The molecule has 1 amide bonds. The smallest absolute Gasteiger partial charge is 0.238 e. The van der Waals surface area contributed by atoms with Gasteiger partial charge in [0.1, 0.15) is 5.75 Å². The molecular weight excluding hydrogens is 362 g/mol. The van der Waals surface area contributed by atoms with Gasteiger partial charge in [0.15, 0.2) is 0 Å². The summed E-state index contributed by atoms with van der Waals surface area (Å²) in [5.41, 5.74) is 2.73. The van der Waals surface area contributed by atoms with E-state index in [9.17, 15) is 13.2 Å². The van der Waals surface area contributed by atoms with Gasteiger partial charge in [0.05, 0.1) is 5.69 Å². The summed E-state index contributed by atoms with van der Waals surface area (Å²) in [5, 5.41) is -0.0816. The second-order valence-corrected chi connectivity index (χ2v) is 9.44. The van der Waals surface area contributed by atoms with E-state index in [4.69, 9.17) is 0 Å². The molecule has 27 heavy (non-hydrogen) atoms. The molecule has 0 radical (unpaired) electrons. The van der Waals surface area contributed by atoms with Crippen LogP contribution in [0.2, 0.25) is 0 Å². The molecule has 0 spiro atoms. The van der Waals surface area contributed by atoms with Crippen LogP contribution in [0, 0.1) is 13.8 Å². The number of carbonyl (C=O) groups is 1. The van der Waals surface area contributed by atoms with Crippen molar-refractivity contribution in [2.45, 2.75) is 64.2 Å². The van der Waals surface area contributed by atoms with Crippen molar-refractivity contribution in [3.8, 4) is 5.69 Å². The summed E-state index contributed by atoms with van der Waals surface area (Å²) in [7, 11) is -3.86. The molecule has 0 N–H and O–H groups in total. The number of amides is 1. The fraction of sp³-hybridized carbons (Fsp3) is 0.500. The van der Waals surface area contributed by atoms with E-state index >= 15 is 0 Å². The highest BCUT2D eigenvalue weighted by molar-refractivity contribution is 7.92. The second-order valence-electron chi connectivity index (χ2n) is 7.56. The van der Waals surface area contributed by atoms with Crippen molar-refractivity contribution in [1.29, 1.82) is 0 Å². The second kappa shape index (κ2) is 7.46. The van der Waals surface area contributed by atoms with Crippen molar-refractivity contribution < 1.29 is 13.2 Å². The van der Waals surface area contributed by atoms with Gasteiger partial charge in [-0.1, -0.05) is 12.1 Å². The first-order valence-electron chi connectivity index (χ1n) is 9.35. The van der Waals surface area contributed by atoms with Crippen molar-refractivity contribution in [2.24, 2.45) is 0 Å². The molecule has 1 aromatic heterocycles. The lowest BCUT2D eigenvalue weighted by atomic mass is 9.98. The molecule has 1 aromatic carbocycles. The van der Waals surface area contributed by atoms with Crippen LogP contribution < -0.4 is 0 Å². The molecule has 146 valence electrons. The highest BCUT2D eigenvalue weighted by atomic mass is 32.2. The largest absolute Gasteiger partial charge is 0.336 e. The Morgan fingerprint density at radius 2 is 1.85 bits per heavy atom. The number of aryl methyl sites for hydroxylation is 2. The average Bonchev–Trinajstić information content (AvgIpc) is 3.07. The number of rotatable bonds is 4. The van der Waals surface area contributed by atoms with E-state index in [1.54, 1.807) is 15.7 Å². The number of likely N-dealkylation sites (tertiary alicyclic amines) is 1. The quantitative estimate of drug-likeness (QED) is 0.806. The number of imidazole rings is 1. The van der Waals surface area contributed by atoms with Crippen molar-refractivity contribution in [3.63, 3.8) is 0 Å². The minimum Gasteiger partial charge on any atom is -0.336 e. The Morgan fingerprint density at radius 1 is 1.19 bits per heavy atom. The van der Waals surface area contributed by atoms with E-state index in [0.29, 0.717) is 0 Å². The van der Waals surface area contributed by atoms with Crippen LogP contribution in [0.15, 0.2) is 35.7 Å². The number of piperidine rings is 1. The van der Waals surface area contributed by atoms with Gasteiger partial charge in [0.25, 0.3) is 0 Å². The summed E-state index contributed by atoms with van der Waals surface area (Å²) < 4.78 is 27.6. The fourth-order valence-corrected chi connectivity index (χ4v) is 5.18. The van der Waals surface area contributed by atoms with Gasteiger partial charge >= 0.3 is 0 Å². The third-order valence-electron chi connectivity index (χ3n) is 5.30. The van der Waals surface area contributed by atoms with Crippen LogP contribution in [0.25, 0.3) is 5.69 Å². The molecule has 2 unspecified atom stereocenters. The first-order valence-corrected chi connectivity index (χ1v) is 11.0. The molecule has 1 fully saturated rings. The summed E-state index contributed by atoms with van der Waals surface area (Å²) in [6.07, 6.45) is 5.98. The highest BCUT2D eigenvalue weighted by Gasteiger charge is 2.33. The van der Waals surface area contributed by atoms with Crippen LogP contribution in [0.4, 0.5) is 0 Å². The Morgan fingerprint density at radius 3 is 2.52 bits per heavy atom. The standard InChI is InChI=1S/C20H27N3O3S/c1-14-8-9-15(2)18(12-14)22-11-10-21-20(22)27(25,26)13-19(24)23-16(3)6-5-7-17(23)4/h8-12,16-17H,5-7,13H2,1-4H3. The number of benzene rings is 1. The number of hydrogen-bond donors (Lipinski definition) is 0. The van der Waals surface area contributed by atoms with E-state index in [2.05, 4.69) is 4.98 Å². The van der Waals surface area contributed by atoms with Crippen molar-refractivity contribution >= 4 is 15.7 Å². The monoisotopic (exact) mass is 389 g/mol. The lowest BCUT2D eigenvalue weighted by Gasteiger charge is -2.39. The first-order chi connectivity index (χ1) is 12.7. The summed E-state index contributed by atoms with van der Waals surface area (Å²) >= 11 is 0. The Kier molecular flexibility index (Phi) is 5.42. The zero-order chi connectivity index (χ0) is 19.8. The highest BCUT2D eigenvalue weighted by Crippen LogP contribution is 2.25. The Balaban J connectivity index is 1.92. The zero-order valence-corrected chi connectivity index (χ0v) is 17.2. The van der Waals surface area contributed by atoms with Crippen molar-refractivity contribution in [1.82, 2.24) is 14.5 Å². The van der Waals surface area contributed by atoms with Crippen LogP contribution in [-0.4, -0.2) is 46.6 Å². The molecular formula is C20H27N3O3S. The molecule has 3 rings (SSSR count). The number of nitrogens with zero attached hydrogens (tertiary/aromatic N) is 3. The fourth-order valence-electron chi connectivity index (χ4n) is 3.90. The molecule has 2 heterocycles. The maximum absolute atomic E-state index is 13.0. The normalized spacial score (nSPS) is 20.7. The minimum atomic E-state index is -3.86. The number of sulfone groups is 1. The molecule has 0 saturated carbocycles. The predicted octanol–water partition coefficient (Wildman–Crippen LogP) is 3.05. The van der Waals surface area contributed by atoms with Crippen LogP contribution in [0.5, 0.6) is 0 Å². The van der Waals surface area contributed by atoms with Gasteiger partial charge < -0.3 is 4.90 Å². The third-order valence-corrected chi connectivity index (χ3v) is 6.79. The molecule has 2 atom stereocenters. The van der Waals surface area contributed by atoms with Crippen LogP contribution in [0.1, 0.15) is 44.2 Å². The maximum Gasteiger partial charge on any atom is 0.238 e. The minimum absolute atomic E-state index is 0.0650. The molecule has 2 aromatic rings. The van der Waals surface area contributed by atoms with E-state index in [1.165, 1.54) is 6.20 Å². The van der Waals surface area contributed by atoms with Crippen LogP contribution in [-0.2, 0) is 14.6 Å². The van der Waals surface area contributed by atoms with E-state index in [0.717, 1.165) is 36.1 Å². The maximum atomic E-state index is 13.0. The number of carbonyl (C=O) groups excluding carboxylic acids is 1. The Labute approximate surface area is 161 Å². The summed E-state index contributed by atoms with van der Waals surface area (Å²) in [4.78, 5) is 18.6. The molecule has 1 aliphatic heterocycles. The van der Waals surface area contributed by atoms with Crippen molar-refractivity contribution in [2.75, 3.05) is 5.75 Å². The molecule has 6 nitrogen and oxygen atoms in total. The van der Waals surface area contributed by atoms with Gasteiger partial charge in [-0.05, 0) is 64.2 Å². The van der Waals surface area contributed by atoms with Crippen molar-refractivity contribution in [3.05, 3.63) is 41.7 Å². The average molecular weight is 390 g/mol. The van der Waals surface area contributed by atoms with E-state index in [-0.39, 0.29) is 23.1 Å². The Bertz CT molecular complexity index is 939. The summed E-state index contributed by atoms with van der Waals surface area (Å²) in [6, 6.07) is 5.98. The predicted molar refractivity (Wildman–Crippen MR) is 105 cm³/mol. The van der Waals surface area contributed by atoms with Gasteiger partial charge in [0, 0.05) is 24.5 Å².